The Morgan fingerprint density at radius 1 is 1.14 bits per heavy atom. The molecule has 0 aliphatic carbocycles. The van der Waals surface area contributed by atoms with Crippen molar-refractivity contribution in [3.63, 3.8) is 0 Å². The average molecular weight is 311 g/mol. The van der Waals surface area contributed by atoms with Gasteiger partial charge < -0.3 is 5.32 Å². The minimum Gasteiger partial charge on any atom is -0.316 e. The van der Waals surface area contributed by atoms with Crippen molar-refractivity contribution in [1.29, 1.82) is 0 Å². The largest absolute Gasteiger partial charge is 0.316 e. The molecule has 3 nitrogen and oxygen atoms in total. The molecule has 0 heterocycles. The Morgan fingerprint density at radius 3 is 2.14 bits per heavy atom. The van der Waals surface area contributed by atoms with Gasteiger partial charge in [0, 0.05) is 23.5 Å². The van der Waals surface area contributed by atoms with Gasteiger partial charge in [0.1, 0.15) is 9.84 Å². The summed E-state index contributed by atoms with van der Waals surface area (Å²) in [5.74, 6) is 0.267. The summed E-state index contributed by atoms with van der Waals surface area (Å²) in [5, 5.41) is 3.43. The standard InChI is InChI=1S/C17H29NO2S/c1-5-17(6-2,15-11-8-7-9-12-15)16(18-3)13-10-14-21(4,19)20/h7-9,11-12,16,18H,5-6,10,13-14H2,1-4H3. The molecule has 1 aromatic rings. The van der Waals surface area contributed by atoms with Crippen molar-refractivity contribution >= 4 is 9.84 Å². The zero-order valence-corrected chi connectivity index (χ0v) is 14.5. The molecule has 120 valence electrons. The van der Waals surface area contributed by atoms with Crippen LogP contribution in [0.4, 0.5) is 0 Å². The molecule has 1 atom stereocenters. The van der Waals surface area contributed by atoms with Crippen LogP contribution in [0.5, 0.6) is 0 Å². The second kappa shape index (κ2) is 7.95. The lowest BCUT2D eigenvalue weighted by molar-refractivity contribution is 0.268. The highest BCUT2D eigenvalue weighted by Crippen LogP contribution is 2.37. The summed E-state index contributed by atoms with van der Waals surface area (Å²) in [5.41, 5.74) is 1.40. The number of hydrogen-bond acceptors (Lipinski definition) is 3. The number of rotatable bonds is 9. The fourth-order valence-electron chi connectivity index (χ4n) is 3.37. The summed E-state index contributed by atoms with van der Waals surface area (Å²) in [6, 6.07) is 10.9. The fourth-order valence-corrected chi connectivity index (χ4v) is 4.06. The SMILES string of the molecule is CCC(CC)(c1ccccc1)C(CCCS(C)(=O)=O)NC. The lowest BCUT2D eigenvalue weighted by atomic mass is 9.69. The predicted octanol–water partition coefficient (Wildman–Crippen LogP) is 3.16. The third kappa shape index (κ3) is 4.82. The topological polar surface area (TPSA) is 46.2 Å². The highest BCUT2D eigenvalue weighted by atomic mass is 32.2. The first-order chi connectivity index (χ1) is 9.89. The maximum atomic E-state index is 11.3. The molecule has 0 aliphatic heterocycles. The average Bonchev–Trinajstić information content (AvgIpc) is 2.47. The van der Waals surface area contributed by atoms with Gasteiger partial charge in [-0.15, -0.1) is 0 Å². The second-order valence-electron chi connectivity index (χ2n) is 5.84. The third-order valence-electron chi connectivity index (χ3n) is 4.63. The minimum absolute atomic E-state index is 0.0630. The highest BCUT2D eigenvalue weighted by molar-refractivity contribution is 7.90. The number of hydrogen-bond donors (Lipinski definition) is 1. The minimum atomic E-state index is -2.88. The van der Waals surface area contributed by atoms with Gasteiger partial charge in [-0.3, -0.25) is 0 Å². The smallest absolute Gasteiger partial charge is 0.147 e. The molecule has 0 saturated carbocycles. The second-order valence-corrected chi connectivity index (χ2v) is 8.10. The van der Waals surface area contributed by atoms with Crippen molar-refractivity contribution in [1.82, 2.24) is 5.32 Å². The molecule has 0 amide bonds. The summed E-state index contributed by atoms with van der Waals surface area (Å²) >= 11 is 0. The van der Waals surface area contributed by atoms with Crippen molar-refractivity contribution in [2.24, 2.45) is 0 Å². The number of benzene rings is 1. The van der Waals surface area contributed by atoms with Crippen molar-refractivity contribution in [2.75, 3.05) is 19.1 Å². The van der Waals surface area contributed by atoms with Gasteiger partial charge >= 0.3 is 0 Å². The van der Waals surface area contributed by atoms with Crippen molar-refractivity contribution in [3.05, 3.63) is 35.9 Å². The molecule has 0 bridgehead atoms. The van der Waals surface area contributed by atoms with Gasteiger partial charge in [-0.25, -0.2) is 8.42 Å². The molecule has 1 unspecified atom stereocenters. The summed E-state index contributed by atoms with van der Waals surface area (Å²) in [6.07, 6.45) is 4.97. The van der Waals surface area contributed by atoms with Gasteiger partial charge in [0.25, 0.3) is 0 Å². The van der Waals surface area contributed by atoms with Crippen LogP contribution in [0.25, 0.3) is 0 Å². The van der Waals surface area contributed by atoms with E-state index in [1.165, 1.54) is 11.8 Å². The van der Waals surface area contributed by atoms with Crippen LogP contribution in [0, 0.1) is 0 Å². The van der Waals surface area contributed by atoms with Gasteiger partial charge in [-0.1, -0.05) is 44.2 Å². The van der Waals surface area contributed by atoms with E-state index >= 15 is 0 Å². The number of sulfone groups is 1. The molecule has 0 saturated heterocycles. The summed E-state index contributed by atoms with van der Waals surface area (Å²) in [6.45, 7) is 4.44. The number of nitrogens with one attached hydrogen (secondary N) is 1. The molecule has 0 fully saturated rings. The van der Waals surface area contributed by atoms with Crippen LogP contribution in [0.1, 0.15) is 45.1 Å². The molecule has 1 N–H and O–H groups in total. The first-order valence-corrected chi connectivity index (χ1v) is 9.86. The van der Waals surface area contributed by atoms with E-state index in [1.54, 1.807) is 0 Å². The molecule has 1 rings (SSSR count). The molecule has 4 heteroatoms. The quantitative estimate of drug-likeness (QED) is 0.762. The molecule has 0 spiro atoms. The third-order valence-corrected chi connectivity index (χ3v) is 5.66. The van der Waals surface area contributed by atoms with Crippen molar-refractivity contribution in [3.8, 4) is 0 Å². The molecule has 21 heavy (non-hydrogen) atoms. The Kier molecular flexibility index (Phi) is 6.88. The van der Waals surface area contributed by atoms with Crippen LogP contribution in [0.15, 0.2) is 30.3 Å². The fraction of sp³-hybridized carbons (Fsp3) is 0.647. The first-order valence-electron chi connectivity index (χ1n) is 7.80. The zero-order chi connectivity index (χ0) is 15.9. The van der Waals surface area contributed by atoms with Gasteiger partial charge in [-0.2, -0.15) is 0 Å². The van der Waals surface area contributed by atoms with Crippen LogP contribution in [-0.4, -0.2) is 33.5 Å². The van der Waals surface area contributed by atoms with E-state index in [1.807, 2.05) is 13.1 Å². The van der Waals surface area contributed by atoms with Gasteiger partial charge in [0.15, 0.2) is 0 Å². The normalized spacial score (nSPS) is 14.1. The first kappa shape index (κ1) is 18.2. The van der Waals surface area contributed by atoms with E-state index in [9.17, 15) is 8.42 Å². The molecular weight excluding hydrogens is 282 g/mol. The van der Waals surface area contributed by atoms with Crippen molar-refractivity contribution < 1.29 is 8.42 Å². The molecule has 0 aromatic heterocycles. The van der Waals surface area contributed by atoms with E-state index in [0.717, 1.165) is 19.3 Å². The summed E-state index contributed by atoms with van der Waals surface area (Å²) in [7, 11) is -0.899. The van der Waals surface area contributed by atoms with Crippen LogP contribution in [-0.2, 0) is 15.3 Å². The molecule has 0 aliphatic rings. The number of likely N-dealkylation sites (N-methyl/N-ethyl adjacent to an activating group) is 1. The van der Waals surface area contributed by atoms with E-state index in [0.29, 0.717) is 6.42 Å². The van der Waals surface area contributed by atoms with Crippen LogP contribution in [0.3, 0.4) is 0 Å². The highest BCUT2D eigenvalue weighted by Gasteiger charge is 2.36. The summed E-state index contributed by atoms with van der Waals surface area (Å²) in [4.78, 5) is 0. The Morgan fingerprint density at radius 2 is 1.71 bits per heavy atom. The van der Waals surface area contributed by atoms with Crippen LogP contribution >= 0.6 is 0 Å². The Bertz CT molecular complexity index is 507. The van der Waals surface area contributed by atoms with E-state index in [2.05, 4.69) is 43.4 Å². The lowest BCUT2D eigenvalue weighted by Gasteiger charge is -2.40. The van der Waals surface area contributed by atoms with E-state index < -0.39 is 9.84 Å². The molecule has 0 radical (unpaired) electrons. The Labute approximate surface area is 130 Å². The van der Waals surface area contributed by atoms with Gasteiger partial charge in [0.2, 0.25) is 0 Å². The van der Waals surface area contributed by atoms with E-state index in [4.69, 9.17) is 0 Å². The maximum Gasteiger partial charge on any atom is 0.147 e. The Balaban J connectivity index is 2.95. The molecular formula is C17H29NO2S. The van der Waals surface area contributed by atoms with Crippen molar-refractivity contribution in [2.45, 2.75) is 51.0 Å². The van der Waals surface area contributed by atoms with E-state index in [-0.39, 0.29) is 17.2 Å². The summed E-state index contributed by atoms with van der Waals surface area (Å²) < 4.78 is 22.7. The Hall–Kier alpha value is -0.870. The van der Waals surface area contributed by atoms with Crippen LogP contribution in [0.2, 0.25) is 0 Å². The lowest BCUT2D eigenvalue weighted by Crippen LogP contribution is -2.46. The molecule has 1 aromatic carbocycles. The van der Waals surface area contributed by atoms with Gasteiger partial charge in [-0.05, 0) is 38.3 Å². The maximum absolute atomic E-state index is 11.3. The zero-order valence-electron chi connectivity index (χ0n) is 13.7. The predicted molar refractivity (Wildman–Crippen MR) is 90.5 cm³/mol. The van der Waals surface area contributed by atoms with Crippen LogP contribution < -0.4 is 5.32 Å². The van der Waals surface area contributed by atoms with Gasteiger partial charge in [0.05, 0.1) is 0 Å². The monoisotopic (exact) mass is 311 g/mol.